The second kappa shape index (κ2) is 14.1. The molecule has 0 bridgehead atoms. The maximum Gasteiger partial charge on any atom is 0.250 e. The maximum absolute atomic E-state index is 13.6. The van der Waals surface area contributed by atoms with Crippen LogP contribution in [0.15, 0.2) is 67.1 Å². The highest BCUT2D eigenvalue weighted by molar-refractivity contribution is 5.98. The molecule has 0 spiro atoms. The van der Waals surface area contributed by atoms with E-state index in [1.165, 1.54) is 6.33 Å². The predicted octanol–water partition coefficient (Wildman–Crippen LogP) is 2.87. The van der Waals surface area contributed by atoms with E-state index in [0.29, 0.717) is 19.7 Å². The number of nitrogens with two attached hydrogens (primary N) is 1. The molecule has 3 amide bonds. The molecular weight excluding hydrogens is 536 g/mol. The Labute approximate surface area is 246 Å². The molecule has 0 aliphatic carbocycles. The van der Waals surface area contributed by atoms with E-state index < -0.39 is 29.4 Å². The van der Waals surface area contributed by atoms with E-state index in [-0.39, 0.29) is 24.9 Å². The van der Waals surface area contributed by atoms with Crippen LogP contribution in [0.4, 0.5) is 5.82 Å². The summed E-state index contributed by atoms with van der Waals surface area (Å²) in [6, 6.07) is 15.2. The van der Waals surface area contributed by atoms with Crippen molar-refractivity contribution in [1.82, 2.24) is 19.8 Å². The Kier molecular flexibility index (Phi) is 10.3. The van der Waals surface area contributed by atoms with Gasteiger partial charge >= 0.3 is 0 Å². The smallest absolute Gasteiger partial charge is 0.250 e. The third-order valence-corrected chi connectivity index (χ3v) is 6.91. The van der Waals surface area contributed by atoms with E-state index in [1.54, 1.807) is 24.6 Å². The third-order valence-electron chi connectivity index (χ3n) is 6.91. The first-order valence-electron chi connectivity index (χ1n) is 14.2. The number of carbonyl (C=O) groups excluding carboxylic acids is 3. The van der Waals surface area contributed by atoms with Crippen molar-refractivity contribution in [2.75, 3.05) is 31.6 Å². The average Bonchev–Trinajstić information content (AvgIpc) is 3.67. The number of aromatic nitrogens is 2. The van der Waals surface area contributed by atoms with Crippen LogP contribution in [0, 0.1) is 0 Å². The van der Waals surface area contributed by atoms with Crippen molar-refractivity contribution in [2.45, 2.75) is 57.8 Å². The molecule has 2 aromatic carbocycles. The second-order valence-corrected chi connectivity index (χ2v) is 10.9. The lowest BCUT2D eigenvalue weighted by molar-refractivity contribution is -0.132. The van der Waals surface area contributed by atoms with Crippen LogP contribution in [0.1, 0.15) is 50.8 Å². The Balaban J connectivity index is 1.51. The molecule has 11 nitrogen and oxygen atoms in total. The summed E-state index contributed by atoms with van der Waals surface area (Å²) in [4.78, 5) is 45.8. The van der Waals surface area contributed by atoms with Gasteiger partial charge in [-0.05, 0) is 56.9 Å². The molecule has 1 aromatic heterocycles. The number of benzene rings is 2. The number of hydrogen-bond donors (Lipinski definition) is 3. The molecule has 1 aliphatic heterocycles. The number of ether oxygens (including phenoxy) is 2. The fourth-order valence-electron chi connectivity index (χ4n) is 4.62. The van der Waals surface area contributed by atoms with E-state index in [1.807, 2.05) is 66.4 Å². The molecule has 0 radical (unpaired) electrons. The Morgan fingerprint density at radius 1 is 1.05 bits per heavy atom. The summed E-state index contributed by atoms with van der Waals surface area (Å²) in [5, 5.41) is 5.44. The fraction of sp³-hybridized carbons (Fsp3) is 0.419. The summed E-state index contributed by atoms with van der Waals surface area (Å²) < 4.78 is 13.0. The number of nitrogens with one attached hydrogen (secondary N) is 2. The molecule has 0 saturated carbocycles. The standard InChI is InChI=1S/C31H40N6O5/c1-4-42-24-14-12-23(13-15-24)27(29(39)36-16-8-9-17-36)37-18-26(33-21-37)35-28(38)25(34-30(40)31(2,3)32)20-41-19-22-10-6-5-7-11-22/h5-7,10-15,18,21,25,27H,4,8-9,16-17,19-20,32H2,1-3H3,(H,34,40)(H,35,38). The minimum atomic E-state index is -1.19. The van der Waals surface area contributed by atoms with Gasteiger partial charge in [0, 0.05) is 19.3 Å². The molecule has 2 unspecified atom stereocenters. The Morgan fingerprint density at radius 2 is 1.74 bits per heavy atom. The van der Waals surface area contributed by atoms with Crippen molar-refractivity contribution in [1.29, 1.82) is 0 Å². The second-order valence-electron chi connectivity index (χ2n) is 10.9. The zero-order valence-electron chi connectivity index (χ0n) is 24.4. The van der Waals surface area contributed by atoms with E-state index in [4.69, 9.17) is 15.2 Å². The molecule has 1 fully saturated rings. The van der Waals surface area contributed by atoms with E-state index in [0.717, 1.165) is 29.7 Å². The van der Waals surface area contributed by atoms with Gasteiger partial charge in [-0.3, -0.25) is 14.4 Å². The van der Waals surface area contributed by atoms with Crippen LogP contribution in [-0.4, -0.2) is 70.1 Å². The first kappa shape index (κ1) is 30.7. The molecule has 4 rings (SSSR count). The Hall–Kier alpha value is -4.22. The van der Waals surface area contributed by atoms with Gasteiger partial charge in [0.2, 0.25) is 11.8 Å². The van der Waals surface area contributed by atoms with Crippen molar-refractivity contribution in [2.24, 2.45) is 5.73 Å². The van der Waals surface area contributed by atoms with Crippen molar-refractivity contribution < 1.29 is 23.9 Å². The highest BCUT2D eigenvalue weighted by Crippen LogP contribution is 2.26. The maximum atomic E-state index is 13.6. The number of anilines is 1. The third kappa shape index (κ3) is 8.17. The van der Waals surface area contributed by atoms with Gasteiger partial charge in [-0.2, -0.15) is 0 Å². The topological polar surface area (TPSA) is 141 Å². The van der Waals surface area contributed by atoms with Gasteiger partial charge in [0.25, 0.3) is 5.91 Å². The van der Waals surface area contributed by atoms with E-state index in [2.05, 4.69) is 15.6 Å². The van der Waals surface area contributed by atoms with Gasteiger partial charge < -0.3 is 35.3 Å². The summed E-state index contributed by atoms with van der Waals surface area (Å²) >= 11 is 0. The Morgan fingerprint density at radius 3 is 2.38 bits per heavy atom. The fourth-order valence-corrected chi connectivity index (χ4v) is 4.62. The lowest BCUT2D eigenvalue weighted by Crippen LogP contribution is -2.56. The van der Waals surface area contributed by atoms with Crippen LogP contribution in [0.5, 0.6) is 5.75 Å². The molecule has 2 heterocycles. The van der Waals surface area contributed by atoms with Gasteiger partial charge in [-0.25, -0.2) is 4.98 Å². The van der Waals surface area contributed by atoms with Crippen molar-refractivity contribution >= 4 is 23.5 Å². The van der Waals surface area contributed by atoms with Crippen molar-refractivity contribution in [3.63, 3.8) is 0 Å². The number of imidazole rings is 1. The molecule has 3 aromatic rings. The van der Waals surface area contributed by atoms with Crippen LogP contribution in [0.3, 0.4) is 0 Å². The zero-order chi connectivity index (χ0) is 30.1. The monoisotopic (exact) mass is 576 g/mol. The van der Waals surface area contributed by atoms with Crippen LogP contribution in [0.2, 0.25) is 0 Å². The minimum absolute atomic E-state index is 0.0448. The zero-order valence-corrected chi connectivity index (χ0v) is 24.4. The van der Waals surface area contributed by atoms with Gasteiger partial charge in [-0.1, -0.05) is 42.5 Å². The van der Waals surface area contributed by atoms with E-state index >= 15 is 0 Å². The summed E-state index contributed by atoms with van der Waals surface area (Å²) in [5.74, 6) is -0.107. The molecule has 1 aliphatic rings. The quantitative estimate of drug-likeness (QED) is 0.284. The number of nitrogens with zero attached hydrogens (tertiary/aromatic N) is 3. The van der Waals surface area contributed by atoms with Crippen molar-refractivity contribution in [3.8, 4) is 5.75 Å². The normalized spacial score (nSPS) is 14.7. The summed E-state index contributed by atoms with van der Waals surface area (Å²) in [6.07, 6.45) is 5.06. The largest absolute Gasteiger partial charge is 0.494 e. The van der Waals surface area contributed by atoms with Crippen LogP contribution in [0.25, 0.3) is 0 Å². The highest BCUT2D eigenvalue weighted by atomic mass is 16.5. The van der Waals surface area contributed by atoms with Gasteiger partial charge in [0.1, 0.15) is 17.8 Å². The number of carbonyl (C=O) groups is 3. The average molecular weight is 577 g/mol. The summed E-state index contributed by atoms with van der Waals surface area (Å²) in [5.41, 5.74) is 6.47. The van der Waals surface area contributed by atoms with Crippen LogP contribution < -0.4 is 21.1 Å². The first-order valence-corrected chi connectivity index (χ1v) is 14.2. The van der Waals surface area contributed by atoms with Gasteiger partial charge in [0.15, 0.2) is 5.82 Å². The number of rotatable bonds is 13. The lowest BCUT2D eigenvalue weighted by Gasteiger charge is -2.24. The Bertz CT molecular complexity index is 1330. The minimum Gasteiger partial charge on any atom is -0.494 e. The summed E-state index contributed by atoms with van der Waals surface area (Å²) in [6.45, 7) is 7.16. The molecule has 11 heteroatoms. The van der Waals surface area contributed by atoms with Crippen LogP contribution in [-0.2, 0) is 25.7 Å². The van der Waals surface area contributed by atoms with Crippen molar-refractivity contribution in [3.05, 3.63) is 78.2 Å². The first-order chi connectivity index (χ1) is 20.2. The molecular formula is C31H40N6O5. The summed E-state index contributed by atoms with van der Waals surface area (Å²) in [7, 11) is 0. The lowest BCUT2D eigenvalue weighted by atomic mass is 10.1. The molecule has 42 heavy (non-hydrogen) atoms. The number of hydrogen-bond acceptors (Lipinski definition) is 7. The highest BCUT2D eigenvalue weighted by Gasteiger charge is 2.31. The predicted molar refractivity (Wildman–Crippen MR) is 159 cm³/mol. The van der Waals surface area contributed by atoms with E-state index in [9.17, 15) is 14.4 Å². The molecule has 224 valence electrons. The van der Waals surface area contributed by atoms with Crippen LogP contribution >= 0.6 is 0 Å². The molecule has 4 N–H and O–H groups in total. The number of likely N-dealkylation sites (tertiary alicyclic amines) is 1. The van der Waals surface area contributed by atoms with Gasteiger partial charge in [0.05, 0.1) is 31.7 Å². The molecule has 1 saturated heterocycles. The molecule has 2 atom stereocenters. The van der Waals surface area contributed by atoms with Gasteiger partial charge in [-0.15, -0.1) is 0 Å². The SMILES string of the molecule is CCOc1ccc(C(C(=O)N2CCCC2)n2cnc(NC(=O)C(COCc3ccccc3)NC(=O)C(C)(C)N)c2)cc1. The number of amides is 3.